The van der Waals surface area contributed by atoms with Gasteiger partial charge in [-0.3, -0.25) is 9.59 Å². The standard InChI is InChI=1S/C38H40N2O4/c1-21-11-9-12-22(2)39(21)29-19-31(41)33(27-17-7-5-15-25(27)29)35-37(43)36(38(35)44)34-28-18-8-6-16-26(28)30(20-32(34)42)40-23(3)13-10-14-24(40)4/h5-8,15-24,41,43H,9-14H2,1-4H3. The Morgan fingerprint density at radius 2 is 1.20 bits per heavy atom. The molecule has 0 amide bonds. The number of phenols is 1. The summed E-state index contributed by atoms with van der Waals surface area (Å²) in [4.78, 5) is 32.6. The maximum absolute atomic E-state index is 14.0. The van der Waals surface area contributed by atoms with Gasteiger partial charge in [-0.1, -0.05) is 48.5 Å². The lowest BCUT2D eigenvalue weighted by Gasteiger charge is -2.44. The van der Waals surface area contributed by atoms with Gasteiger partial charge in [-0.15, -0.1) is 0 Å². The highest BCUT2D eigenvalue weighted by molar-refractivity contribution is 6.48. The molecular formula is C38H40N2O4. The van der Waals surface area contributed by atoms with Crippen molar-refractivity contribution in [2.45, 2.75) is 90.4 Å². The minimum absolute atomic E-state index is 0.0262. The third kappa shape index (κ3) is 4.21. The van der Waals surface area contributed by atoms with Gasteiger partial charge in [0.25, 0.3) is 0 Å². The van der Waals surface area contributed by atoms with Gasteiger partial charge in [-0.25, -0.2) is 0 Å². The molecule has 0 aromatic heterocycles. The van der Waals surface area contributed by atoms with Crippen LogP contribution in [0.2, 0.25) is 0 Å². The number of hydrogen-bond donors (Lipinski definition) is 2. The fourth-order valence-corrected chi connectivity index (χ4v) is 8.28. The largest absolute Gasteiger partial charge is 0.507 e. The fourth-order valence-electron chi connectivity index (χ4n) is 8.28. The van der Waals surface area contributed by atoms with Crippen LogP contribution in [0.4, 0.5) is 5.69 Å². The van der Waals surface area contributed by atoms with Gasteiger partial charge in [-0.2, -0.15) is 0 Å². The number of aromatic hydroxyl groups is 1. The zero-order valence-electron chi connectivity index (χ0n) is 25.9. The fraction of sp³-hybridized carbons (Fsp3) is 0.368. The quantitative estimate of drug-likeness (QED) is 0.304. The van der Waals surface area contributed by atoms with Crippen molar-refractivity contribution in [1.29, 1.82) is 0 Å². The molecule has 2 aliphatic carbocycles. The minimum Gasteiger partial charge on any atom is -0.507 e. The van der Waals surface area contributed by atoms with E-state index in [9.17, 15) is 19.8 Å². The van der Waals surface area contributed by atoms with Crippen LogP contribution in [0.3, 0.4) is 0 Å². The molecule has 6 heteroatoms. The molecule has 226 valence electrons. The van der Waals surface area contributed by atoms with E-state index >= 15 is 0 Å². The second kappa shape index (κ2) is 10.7. The molecule has 4 aliphatic rings. The van der Waals surface area contributed by atoms with Crippen molar-refractivity contribution in [2.24, 2.45) is 0 Å². The van der Waals surface area contributed by atoms with E-state index < -0.39 is 5.78 Å². The maximum Gasteiger partial charge on any atom is 0.202 e. The molecule has 44 heavy (non-hydrogen) atoms. The molecule has 0 bridgehead atoms. The molecule has 0 radical (unpaired) electrons. The minimum atomic E-state index is -0.426. The molecule has 4 atom stereocenters. The lowest BCUT2D eigenvalue weighted by atomic mass is 9.74. The summed E-state index contributed by atoms with van der Waals surface area (Å²) in [6.07, 6.45) is 8.23. The number of piperidine rings is 2. The molecule has 0 saturated carbocycles. The summed E-state index contributed by atoms with van der Waals surface area (Å²) in [7, 11) is 0. The predicted molar refractivity (Wildman–Crippen MR) is 176 cm³/mol. The molecular weight excluding hydrogens is 548 g/mol. The van der Waals surface area contributed by atoms with Crippen molar-refractivity contribution in [2.75, 3.05) is 4.90 Å². The zero-order valence-corrected chi connectivity index (χ0v) is 25.9. The van der Waals surface area contributed by atoms with Gasteiger partial charge in [0.2, 0.25) is 5.78 Å². The lowest BCUT2D eigenvalue weighted by Crippen LogP contribution is -2.44. The number of ketones is 2. The van der Waals surface area contributed by atoms with E-state index in [1.807, 2.05) is 48.5 Å². The summed E-state index contributed by atoms with van der Waals surface area (Å²) in [5.74, 6) is -0.994. The number of nitrogens with zero attached hydrogens (tertiary/aromatic N) is 2. The number of fused-ring (bicyclic) bond motifs is 2. The smallest absolute Gasteiger partial charge is 0.202 e. The van der Waals surface area contributed by atoms with Crippen LogP contribution < -0.4 is 4.90 Å². The molecule has 3 aromatic rings. The van der Waals surface area contributed by atoms with Crippen LogP contribution in [0.15, 0.2) is 72.0 Å². The van der Waals surface area contributed by atoms with Gasteiger partial charge in [0.05, 0.1) is 11.1 Å². The van der Waals surface area contributed by atoms with Crippen molar-refractivity contribution in [3.8, 4) is 5.75 Å². The van der Waals surface area contributed by atoms with Crippen molar-refractivity contribution in [1.82, 2.24) is 4.90 Å². The average Bonchev–Trinajstić information content (AvgIpc) is 3.00. The predicted octanol–water partition coefficient (Wildman–Crippen LogP) is 7.80. The highest BCUT2D eigenvalue weighted by Gasteiger charge is 2.43. The molecule has 3 aromatic carbocycles. The van der Waals surface area contributed by atoms with Crippen LogP contribution in [-0.2, 0) is 9.59 Å². The SMILES string of the molecule is CC1CCCC(C)N1C1=CC(=O)C(=C2C(=O)C(c3c(O)cc(N4C(C)CCCC4C)c4ccccc34)=C2O)c2ccccc21. The van der Waals surface area contributed by atoms with E-state index in [-0.39, 0.29) is 34.0 Å². The van der Waals surface area contributed by atoms with E-state index in [1.54, 1.807) is 12.1 Å². The first-order valence-electron chi connectivity index (χ1n) is 16.1. The number of carbonyl (C=O) groups is 2. The Kier molecular flexibility index (Phi) is 6.91. The highest BCUT2D eigenvalue weighted by atomic mass is 16.3. The van der Waals surface area contributed by atoms with Gasteiger partial charge in [0.15, 0.2) is 5.78 Å². The van der Waals surface area contributed by atoms with Gasteiger partial charge in [0.1, 0.15) is 11.5 Å². The summed E-state index contributed by atoms with van der Waals surface area (Å²) in [6.45, 7) is 8.82. The molecule has 2 aliphatic heterocycles. The topological polar surface area (TPSA) is 81.1 Å². The molecule has 4 unspecified atom stereocenters. The molecule has 2 N–H and O–H groups in total. The second-order valence-electron chi connectivity index (χ2n) is 13.1. The monoisotopic (exact) mass is 588 g/mol. The average molecular weight is 589 g/mol. The summed E-state index contributed by atoms with van der Waals surface area (Å²) in [6, 6.07) is 18.4. The number of likely N-dealkylation sites (tertiary alicyclic amines) is 1. The Labute approximate surface area is 259 Å². The molecule has 2 saturated heterocycles. The van der Waals surface area contributed by atoms with Crippen LogP contribution >= 0.6 is 0 Å². The van der Waals surface area contributed by atoms with Gasteiger partial charge >= 0.3 is 0 Å². The van der Waals surface area contributed by atoms with Gasteiger partial charge in [0, 0.05) is 69.8 Å². The number of aliphatic hydroxyl groups is 1. The molecule has 6 nitrogen and oxygen atoms in total. The Hall–Kier alpha value is -4.32. The van der Waals surface area contributed by atoms with E-state index in [0.717, 1.165) is 54.4 Å². The zero-order chi connectivity index (χ0) is 30.9. The third-order valence-corrected chi connectivity index (χ3v) is 10.4. The molecule has 2 heterocycles. The van der Waals surface area contributed by atoms with E-state index in [0.29, 0.717) is 40.7 Å². The third-order valence-electron chi connectivity index (χ3n) is 10.4. The van der Waals surface area contributed by atoms with Crippen LogP contribution in [0.25, 0.3) is 27.6 Å². The number of Topliss-reactive ketones (excluding diaryl/α,β-unsaturated/α-hetero) is 1. The summed E-state index contributed by atoms with van der Waals surface area (Å²) in [5.41, 5.74) is 4.00. The van der Waals surface area contributed by atoms with Crippen molar-refractivity contribution >= 4 is 44.9 Å². The molecule has 0 spiro atoms. The first kappa shape index (κ1) is 28.5. The van der Waals surface area contributed by atoms with Crippen molar-refractivity contribution < 1.29 is 19.8 Å². The van der Waals surface area contributed by atoms with Crippen molar-refractivity contribution in [3.63, 3.8) is 0 Å². The van der Waals surface area contributed by atoms with E-state index in [1.165, 1.54) is 6.42 Å². The van der Waals surface area contributed by atoms with Crippen molar-refractivity contribution in [3.05, 3.63) is 88.7 Å². The van der Waals surface area contributed by atoms with Crippen LogP contribution in [0.5, 0.6) is 5.75 Å². The number of carbonyl (C=O) groups excluding carboxylic acids is 2. The first-order valence-corrected chi connectivity index (χ1v) is 16.1. The number of allylic oxidation sites excluding steroid dienone is 4. The number of phenolic OH excluding ortho intramolecular Hbond substituents is 1. The van der Waals surface area contributed by atoms with E-state index in [2.05, 4.69) is 37.5 Å². The number of rotatable bonds is 3. The van der Waals surface area contributed by atoms with Gasteiger partial charge < -0.3 is 20.0 Å². The van der Waals surface area contributed by atoms with E-state index in [4.69, 9.17) is 0 Å². The lowest BCUT2D eigenvalue weighted by molar-refractivity contribution is -0.113. The number of anilines is 1. The van der Waals surface area contributed by atoms with Gasteiger partial charge in [-0.05, 0) is 77.2 Å². The number of hydrogen-bond acceptors (Lipinski definition) is 6. The van der Waals surface area contributed by atoms with Crippen LogP contribution in [0.1, 0.15) is 82.9 Å². The Morgan fingerprint density at radius 3 is 1.82 bits per heavy atom. The summed E-state index contributed by atoms with van der Waals surface area (Å²) in [5, 5.41) is 24.7. The molecule has 7 rings (SSSR count). The summed E-state index contributed by atoms with van der Waals surface area (Å²) >= 11 is 0. The number of benzene rings is 3. The maximum atomic E-state index is 14.0. The Balaban J connectivity index is 1.37. The van der Waals surface area contributed by atoms with Crippen LogP contribution in [-0.4, -0.2) is 50.8 Å². The molecule has 2 fully saturated rings. The number of aliphatic hydroxyl groups excluding tert-OH is 1. The normalized spacial score (nSPS) is 27.4. The Bertz CT molecular complexity index is 1790. The van der Waals surface area contributed by atoms with Crippen LogP contribution in [0, 0.1) is 0 Å². The second-order valence-corrected chi connectivity index (χ2v) is 13.1. The summed E-state index contributed by atoms with van der Waals surface area (Å²) < 4.78 is 0. The highest BCUT2D eigenvalue weighted by Crippen LogP contribution is 2.50. The Morgan fingerprint density at radius 1 is 0.659 bits per heavy atom. The first-order chi connectivity index (χ1) is 21.2.